The molecule has 0 aliphatic rings. The molecule has 2 atom stereocenters. The minimum atomic E-state index is -3.40. The molecule has 0 N–H and O–H groups in total. The highest BCUT2D eigenvalue weighted by atomic mass is 31.2. The zero-order valence-electron chi connectivity index (χ0n) is 15.3. The molecule has 5 heteroatoms. The van der Waals surface area contributed by atoms with Gasteiger partial charge < -0.3 is 0 Å². The van der Waals surface area contributed by atoms with Crippen LogP contribution in [0.3, 0.4) is 0 Å². The minimum Gasteiger partial charge on any atom is -0.290 e. The predicted octanol–water partition coefficient (Wildman–Crippen LogP) is 6.21. The maximum absolute atomic E-state index is 12.5. The summed E-state index contributed by atoms with van der Waals surface area (Å²) in [6.45, 7) is 9.54. The molecule has 0 fully saturated rings. The van der Waals surface area contributed by atoms with Crippen LogP contribution in [0.5, 0.6) is 0 Å². The lowest BCUT2D eigenvalue weighted by atomic mass is 10.0. The van der Waals surface area contributed by atoms with E-state index >= 15 is 0 Å². The van der Waals surface area contributed by atoms with Gasteiger partial charge in [0.25, 0.3) is 0 Å². The van der Waals surface area contributed by atoms with Gasteiger partial charge in [0.2, 0.25) is 0 Å². The Morgan fingerprint density at radius 1 is 0.818 bits per heavy atom. The third-order valence-corrected chi connectivity index (χ3v) is 5.62. The van der Waals surface area contributed by atoms with Crippen LogP contribution >= 0.6 is 7.82 Å². The van der Waals surface area contributed by atoms with Gasteiger partial charge in [0.1, 0.15) is 0 Å². The predicted molar refractivity (Wildman–Crippen MR) is 93.1 cm³/mol. The number of hydrogen-bond donors (Lipinski definition) is 0. The Balaban J connectivity index is 4.29. The molecule has 0 aromatic rings. The largest absolute Gasteiger partial charge is 0.474 e. The number of phosphoric ester groups is 1. The lowest BCUT2D eigenvalue weighted by molar-refractivity contribution is 0.0973. The van der Waals surface area contributed by atoms with Crippen molar-refractivity contribution in [3.05, 3.63) is 0 Å². The Morgan fingerprint density at radius 2 is 1.23 bits per heavy atom. The SMILES string of the molecule is CCCCC(CC)COP(=O)(OC)OCC(CC)CCCC. The molecule has 0 saturated heterocycles. The smallest absolute Gasteiger partial charge is 0.290 e. The van der Waals surface area contributed by atoms with E-state index in [1.807, 2.05) is 0 Å². The summed E-state index contributed by atoms with van der Waals surface area (Å²) in [7, 11) is -2.00. The minimum absolute atomic E-state index is 0.425. The fourth-order valence-corrected chi connectivity index (χ4v) is 3.40. The summed E-state index contributed by atoms with van der Waals surface area (Å²) >= 11 is 0. The molecule has 0 aromatic heterocycles. The quantitative estimate of drug-likeness (QED) is 0.334. The van der Waals surface area contributed by atoms with Gasteiger partial charge in [0.05, 0.1) is 13.2 Å². The summed E-state index contributed by atoms with van der Waals surface area (Å²) in [6, 6.07) is 0. The molecule has 0 rings (SSSR count). The average Bonchev–Trinajstić information content (AvgIpc) is 2.55. The second-order valence-corrected chi connectivity index (χ2v) is 7.83. The Bertz CT molecular complexity index is 272. The van der Waals surface area contributed by atoms with Crippen molar-refractivity contribution >= 4 is 7.82 Å². The fraction of sp³-hybridized carbons (Fsp3) is 1.00. The van der Waals surface area contributed by atoms with Gasteiger partial charge in [0, 0.05) is 7.11 Å². The van der Waals surface area contributed by atoms with Crippen molar-refractivity contribution in [1.82, 2.24) is 0 Å². The van der Waals surface area contributed by atoms with E-state index in [1.165, 1.54) is 32.8 Å². The Morgan fingerprint density at radius 3 is 1.50 bits per heavy atom. The van der Waals surface area contributed by atoms with Crippen LogP contribution in [-0.4, -0.2) is 20.3 Å². The molecular weight excluding hydrogens is 299 g/mol. The molecule has 0 heterocycles. The van der Waals surface area contributed by atoms with E-state index in [-0.39, 0.29) is 0 Å². The molecule has 134 valence electrons. The number of rotatable bonds is 15. The van der Waals surface area contributed by atoms with E-state index in [0.717, 1.165) is 25.7 Å². The first-order valence-electron chi connectivity index (χ1n) is 8.99. The fourth-order valence-electron chi connectivity index (χ4n) is 2.33. The maximum Gasteiger partial charge on any atom is 0.474 e. The van der Waals surface area contributed by atoms with Crippen LogP contribution in [0, 0.1) is 11.8 Å². The van der Waals surface area contributed by atoms with Gasteiger partial charge >= 0.3 is 7.82 Å². The maximum atomic E-state index is 12.5. The molecule has 0 aliphatic heterocycles. The summed E-state index contributed by atoms with van der Waals surface area (Å²) in [4.78, 5) is 0. The molecule has 22 heavy (non-hydrogen) atoms. The van der Waals surface area contributed by atoms with Crippen molar-refractivity contribution < 1.29 is 18.1 Å². The number of phosphoric acid groups is 1. The van der Waals surface area contributed by atoms with Crippen molar-refractivity contribution in [3.63, 3.8) is 0 Å². The molecule has 0 amide bonds. The Labute approximate surface area is 137 Å². The molecule has 0 spiro atoms. The van der Waals surface area contributed by atoms with E-state index in [1.54, 1.807) is 0 Å². The molecule has 0 bridgehead atoms. The van der Waals surface area contributed by atoms with E-state index in [4.69, 9.17) is 13.6 Å². The normalized spacial score (nSPS) is 17.1. The first kappa shape index (κ1) is 22.1. The lowest BCUT2D eigenvalue weighted by Crippen LogP contribution is -2.12. The molecule has 0 saturated carbocycles. The first-order chi connectivity index (χ1) is 10.5. The standard InChI is InChI=1S/C17H37O4P/c1-6-10-12-16(8-3)14-20-22(18,19-5)21-15-17(9-4)13-11-7-2/h16-17H,6-15H2,1-5H3. The highest BCUT2D eigenvalue weighted by Gasteiger charge is 2.27. The van der Waals surface area contributed by atoms with Gasteiger partial charge in [-0.15, -0.1) is 0 Å². The van der Waals surface area contributed by atoms with E-state index < -0.39 is 7.82 Å². The zero-order chi connectivity index (χ0) is 16.8. The summed E-state index contributed by atoms with van der Waals surface area (Å²) in [5.74, 6) is 0.850. The van der Waals surface area contributed by atoms with Gasteiger partial charge in [-0.2, -0.15) is 0 Å². The number of hydrogen-bond acceptors (Lipinski definition) is 4. The highest BCUT2D eigenvalue weighted by molar-refractivity contribution is 7.48. The average molecular weight is 336 g/mol. The highest BCUT2D eigenvalue weighted by Crippen LogP contribution is 2.49. The molecule has 0 radical (unpaired) electrons. The summed E-state index contributed by atoms with van der Waals surface area (Å²) in [5.41, 5.74) is 0. The van der Waals surface area contributed by atoms with E-state index in [9.17, 15) is 4.57 Å². The summed E-state index contributed by atoms with van der Waals surface area (Å²) < 4.78 is 28.6. The second kappa shape index (κ2) is 13.5. The van der Waals surface area contributed by atoms with Crippen molar-refractivity contribution in [1.29, 1.82) is 0 Å². The van der Waals surface area contributed by atoms with Crippen LogP contribution in [0.1, 0.15) is 79.1 Å². The third-order valence-electron chi connectivity index (χ3n) is 4.25. The van der Waals surface area contributed by atoms with Crippen LogP contribution in [-0.2, 0) is 18.1 Å². The monoisotopic (exact) mass is 336 g/mol. The van der Waals surface area contributed by atoms with Crippen LogP contribution in [0.25, 0.3) is 0 Å². The van der Waals surface area contributed by atoms with E-state index in [0.29, 0.717) is 25.0 Å². The van der Waals surface area contributed by atoms with Crippen molar-refractivity contribution in [2.24, 2.45) is 11.8 Å². The first-order valence-corrected chi connectivity index (χ1v) is 10.5. The van der Waals surface area contributed by atoms with Crippen LogP contribution in [0.4, 0.5) is 0 Å². The van der Waals surface area contributed by atoms with Gasteiger partial charge in [-0.05, 0) is 24.7 Å². The molecular formula is C17H37O4P. The second-order valence-electron chi connectivity index (χ2n) is 6.05. The zero-order valence-corrected chi connectivity index (χ0v) is 16.2. The van der Waals surface area contributed by atoms with Crippen molar-refractivity contribution in [3.8, 4) is 0 Å². The van der Waals surface area contributed by atoms with Gasteiger partial charge in [-0.1, -0.05) is 66.2 Å². The summed E-state index contributed by atoms with van der Waals surface area (Å²) in [6.07, 6.45) is 8.95. The van der Waals surface area contributed by atoms with Gasteiger partial charge in [0.15, 0.2) is 0 Å². The number of unbranched alkanes of at least 4 members (excludes halogenated alkanes) is 2. The van der Waals surface area contributed by atoms with E-state index in [2.05, 4.69) is 27.7 Å². The Kier molecular flexibility index (Phi) is 13.6. The molecule has 4 nitrogen and oxygen atoms in total. The molecule has 0 aromatic carbocycles. The van der Waals surface area contributed by atoms with Crippen LogP contribution in [0.2, 0.25) is 0 Å². The molecule has 2 unspecified atom stereocenters. The summed E-state index contributed by atoms with van der Waals surface area (Å²) in [5, 5.41) is 0. The van der Waals surface area contributed by atoms with Crippen LogP contribution < -0.4 is 0 Å². The molecule has 0 aliphatic carbocycles. The van der Waals surface area contributed by atoms with Crippen LogP contribution in [0.15, 0.2) is 0 Å². The van der Waals surface area contributed by atoms with Gasteiger partial charge in [-0.25, -0.2) is 4.57 Å². The Hall–Kier alpha value is 0.110. The van der Waals surface area contributed by atoms with Gasteiger partial charge in [-0.3, -0.25) is 13.6 Å². The lowest BCUT2D eigenvalue weighted by Gasteiger charge is -2.22. The van der Waals surface area contributed by atoms with Crippen molar-refractivity contribution in [2.75, 3.05) is 20.3 Å². The van der Waals surface area contributed by atoms with Crippen molar-refractivity contribution in [2.45, 2.75) is 79.1 Å². The topological polar surface area (TPSA) is 44.8 Å². The third kappa shape index (κ3) is 9.99.